The minimum atomic E-state index is -0.307. The molecule has 3 rings (SSSR count). The van der Waals surface area contributed by atoms with E-state index in [0.29, 0.717) is 29.1 Å². The van der Waals surface area contributed by atoms with Crippen molar-refractivity contribution in [2.45, 2.75) is 13.5 Å². The third kappa shape index (κ3) is 4.57. The van der Waals surface area contributed by atoms with Gasteiger partial charge in [-0.15, -0.1) is 0 Å². The molecule has 2 N–H and O–H groups in total. The van der Waals surface area contributed by atoms with Crippen molar-refractivity contribution in [2.75, 3.05) is 12.4 Å². The van der Waals surface area contributed by atoms with Crippen LogP contribution in [0, 0.1) is 6.92 Å². The fourth-order valence-corrected chi connectivity index (χ4v) is 2.83. The fraction of sp³-hybridized carbons (Fsp3) is 0.130. The Balaban J connectivity index is 1.74. The van der Waals surface area contributed by atoms with Gasteiger partial charge in [-0.25, -0.2) is 0 Å². The average Bonchev–Trinajstić information content (AvgIpc) is 2.73. The van der Waals surface area contributed by atoms with Crippen LogP contribution in [-0.2, 0) is 6.54 Å². The monoisotopic (exact) mass is 374 g/mol. The second-order valence-electron chi connectivity index (χ2n) is 6.34. The van der Waals surface area contributed by atoms with Gasteiger partial charge < -0.3 is 15.4 Å². The van der Waals surface area contributed by atoms with Crippen LogP contribution in [0.25, 0.3) is 0 Å². The van der Waals surface area contributed by atoms with E-state index >= 15 is 0 Å². The van der Waals surface area contributed by atoms with Crippen LogP contribution < -0.4 is 15.4 Å². The van der Waals surface area contributed by atoms with Gasteiger partial charge in [0.25, 0.3) is 11.8 Å². The maximum atomic E-state index is 12.7. The molecular formula is C23H22N2O3. The zero-order valence-corrected chi connectivity index (χ0v) is 15.9. The third-order valence-electron chi connectivity index (χ3n) is 4.45. The number of hydrogen-bond acceptors (Lipinski definition) is 3. The summed E-state index contributed by atoms with van der Waals surface area (Å²) in [7, 11) is 1.55. The Hall–Kier alpha value is -3.60. The van der Waals surface area contributed by atoms with Crippen LogP contribution in [0.3, 0.4) is 0 Å². The first-order chi connectivity index (χ1) is 13.6. The van der Waals surface area contributed by atoms with E-state index in [1.165, 1.54) is 0 Å². The largest absolute Gasteiger partial charge is 0.497 e. The molecule has 2 amide bonds. The highest BCUT2D eigenvalue weighted by Crippen LogP contribution is 2.18. The Labute approximate surface area is 164 Å². The summed E-state index contributed by atoms with van der Waals surface area (Å²) >= 11 is 0. The van der Waals surface area contributed by atoms with Crippen LogP contribution in [0.4, 0.5) is 5.69 Å². The lowest BCUT2D eigenvalue weighted by Gasteiger charge is -2.12. The molecule has 142 valence electrons. The predicted molar refractivity (Wildman–Crippen MR) is 110 cm³/mol. The molecule has 0 spiro atoms. The Morgan fingerprint density at radius 2 is 1.64 bits per heavy atom. The molecule has 3 aromatic rings. The number of hydrogen-bond donors (Lipinski definition) is 2. The number of para-hydroxylation sites is 1. The van der Waals surface area contributed by atoms with Gasteiger partial charge in [0.1, 0.15) is 5.75 Å². The number of benzene rings is 3. The number of aryl methyl sites for hydroxylation is 1. The smallest absolute Gasteiger partial charge is 0.255 e. The lowest BCUT2D eigenvalue weighted by atomic mass is 10.1. The molecule has 0 aliphatic carbocycles. The van der Waals surface area contributed by atoms with Crippen LogP contribution in [0.5, 0.6) is 5.75 Å². The maximum Gasteiger partial charge on any atom is 0.255 e. The van der Waals surface area contributed by atoms with E-state index in [1.807, 2.05) is 31.2 Å². The molecule has 5 heteroatoms. The summed E-state index contributed by atoms with van der Waals surface area (Å²) in [6, 6.07) is 21.7. The number of carbonyl (C=O) groups excluding carboxylic acids is 2. The Bertz CT molecular complexity index is 998. The summed E-state index contributed by atoms with van der Waals surface area (Å²) in [5.41, 5.74) is 3.48. The topological polar surface area (TPSA) is 67.4 Å². The lowest BCUT2D eigenvalue weighted by Crippen LogP contribution is -2.25. The molecule has 0 unspecified atom stereocenters. The Kier molecular flexibility index (Phi) is 6.07. The molecule has 0 aliphatic rings. The molecule has 0 aliphatic heterocycles. The van der Waals surface area contributed by atoms with Crippen molar-refractivity contribution >= 4 is 17.5 Å². The van der Waals surface area contributed by atoms with Crippen LogP contribution in [0.1, 0.15) is 31.8 Å². The Morgan fingerprint density at radius 1 is 0.893 bits per heavy atom. The number of ether oxygens (including phenoxy) is 1. The highest BCUT2D eigenvalue weighted by atomic mass is 16.5. The van der Waals surface area contributed by atoms with Gasteiger partial charge in [0.2, 0.25) is 0 Å². The molecule has 5 nitrogen and oxygen atoms in total. The van der Waals surface area contributed by atoms with Crippen molar-refractivity contribution in [1.29, 1.82) is 0 Å². The first kappa shape index (κ1) is 19.2. The molecule has 0 saturated carbocycles. The number of nitrogens with one attached hydrogen (secondary N) is 2. The third-order valence-corrected chi connectivity index (χ3v) is 4.45. The first-order valence-electron chi connectivity index (χ1n) is 8.95. The highest BCUT2D eigenvalue weighted by molar-refractivity contribution is 6.09. The van der Waals surface area contributed by atoms with Crippen LogP contribution >= 0.6 is 0 Å². The van der Waals surface area contributed by atoms with E-state index in [9.17, 15) is 9.59 Å². The summed E-state index contributed by atoms with van der Waals surface area (Å²) in [6.45, 7) is 2.42. The SMILES string of the molecule is COc1cccc(C(=O)Nc2ccccc2C(=O)NCc2ccccc2C)c1. The quantitative estimate of drug-likeness (QED) is 0.680. The summed E-state index contributed by atoms with van der Waals surface area (Å²) in [6.07, 6.45) is 0. The highest BCUT2D eigenvalue weighted by Gasteiger charge is 2.14. The van der Waals surface area contributed by atoms with Gasteiger partial charge in [0.05, 0.1) is 18.4 Å². The zero-order valence-electron chi connectivity index (χ0n) is 15.9. The molecule has 0 heterocycles. The average molecular weight is 374 g/mol. The normalized spacial score (nSPS) is 10.2. The number of methoxy groups -OCH3 is 1. The number of rotatable bonds is 6. The minimum absolute atomic E-state index is 0.246. The van der Waals surface area contributed by atoms with E-state index in [-0.39, 0.29) is 11.8 Å². The molecule has 0 bridgehead atoms. The van der Waals surface area contributed by atoms with Gasteiger partial charge in [-0.1, -0.05) is 42.5 Å². The second-order valence-corrected chi connectivity index (χ2v) is 6.34. The van der Waals surface area contributed by atoms with Crippen LogP contribution in [0.15, 0.2) is 72.8 Å². The van der Waals surface area contributed by atoms with Gasteiger partial charge in [-0.05, 0) is 48.4 Å². The molecule has 3 aromatic carbocycles. The summed E-state index contributed by atoms with van der Waals surface area (Å²) < 4.78 is 5.16. The minimum Gasteiger partial charge on any atom is -0.497 e. The van der Waals surface area contributed by atoms with Crippen LogP contribution in [0.2, 0.25) is 0 Å². The van der Waals surface area contributed by atoms with Gasteiger partial charge in [0, 0.05) is 12.1 Å². The van der Waals surface area contributed by atoms with Gasteiger partial charge in [-0.2, -0.15) is 0 Å². The van der Waals surface area contributed by atoms with E-state index in [4.69, 9.17) is 4.74 Å². The molecular weight excluding hydrogens is 352 g/mol. The van der Waals surface area contributed by atoms with E-state index in [1.54, 1.807) is 55.6 Å². The van der Waals surface area contributed by atoms with Crippen LogP contribution in [-0.4, -0.2) is 18.9 Å². The van der Waals surface area contributed by atoms with Crippen molar-refractivity contribution in [3.05, 3.63) is 95.1 Å². The predicted octanol–water partition coefficient (Wildman–Crippen LogP) is 4.19. The van der Waals surface area contributed by atoms with Crippen molar-refractivity contribution in [2.24, 2.45) is 0 Å². The number of carbonyl (C=O) groups is 2. The maximum absolute atomic E-state index is 12.7. The Morgan fingerprint density at radius 3 is 2.43 bits per heavy atom. The first-order valence-corrected chi connectivity index (χ1v) is 8.95. The molecule has 0 radical (unpaired) electrons. The molecule has 0 aromatic heterocycles. The van der Waals surface area contributed by atoms with Gasteiger partial charge in [-0.3, -0.25) is 9.59 Å². The van der Waals surface area contributed by atoms with Crippen molar-refractivity contribution < 1.29 is 14.3 Å². The number of anilines is 1. The fourth-order valence-electron chi connectivity index (χ4n) is 2.83. The number of amides is 2. The van der Waals surface area contributed by atoms with E-state index in [2.05, 4.69) is 10.6 Å². The summed E-state index contributed by atoms with van der Waals surface area (Å²) in [5.74, 6) is 0.0414. The molecule has 0 fully saturated rings. The lowest BCUT2D eigenvalue weighted by molar-refractivity contribution is 0.0951. The van der Waals surface area contributed by atoms with E-state index < -0.39 is 0 Å². The van der Waals surface area contributed by atoms with Crippen molar-refractivity contribution in [1.82, 2.24) is 5.32 Å². The van der Waals surface area contributed by atoms with E-state index in [0.717, 1.165) is 11.1 Å². The summed E-state index contributed by atoms with van der Waals surface area (Å²) in [4.78, 5) is 25.3. The molecule has 28 heavy (non-hydrogen) atoms. The molecule has 0 atom stereocenters. The van der Waals surface area contributed by atoms with Crippen molar-refractivity contribution in [3.8, 4) is 5.75 Å². The van der Waals surface area contributed by atoms with Gasteiger partial charge >= 0.3 is 0 Å². The standard InChI is InChI=1S/C23H22N2O3/c1-16-8-3-4-9-18(16)15-24-23(27)20-12-5-6-13-21(20)25-22(26)17-10-7-11-19(14-17)28-2/h3-14H,15H2,1-2H3,(H,24,27)(H,25,26). The second kappa shape index (κ2) is 8.86. The summed E-state index contributed by atoms with van der Waals surface area (Å²) in [5, 5.41) is 5.73. The van der Waals surface area contributed by atoms with Gasteiger partial charge in [0.15, 0.2) is 0 Å². The zero-order chi connectivity index (χ0) is 19.9. The molecule has 0 saturated heterocycles. The van der Waals surface area contributed by atoms with Crippen molar-refractivity contribution in [3.63, 3.8) is 0 Å².